The lowest BCUT2D eigenvalue weighted by atomic mass is 9.93. The first-order valence-corrected chi connectivity index (χ1v) is 14.9. The Hall–Kier alpha value is -4.37. The zero-order chi connectivity index (χ0) is 30.6. The standard InChI is InChI=1S/C34H42N4O5/c1-3-40-32(36)27-9-5-7-25(19-27)22-42-29-11-12-30(34(39)38-17-14-24(13-16-35)15-18-38)31(21-29)43-23-26-8-6-10-28(20-26)33(37)41-4-2/h5-12,19-21,24,36-37H,3-4,13-18,22-23,35H2,1-2H3. The van der Waals surface area contributed by atoms with Gasteiger partial charge < -0.3 is 29.6 Å². The smallest absolute Gasteiger partial charge is 0.257 e. The Morgan fingerprint density at radius 2 is 1.42 bits per heavy atom. The molecule has 0 atom stereocenters. The molecule has 43 heavy (non-hydrogen) atoms. The average molecular weight is 587 g/mol. The Morgan fingerprint density at radius 1 is 0.837 bits per heavy atom. The van der Waals surface area contributed by atoms with Gasteiger partial charge in [0.15, 0.2) is 0 Å². The summed E-state index contributed by atoms with van der Waals surface area (Å²) in [5.74, 6) is 1.71. The molecule has 228 valence electrons. The van der Waals surface area contributed by atoms with Crippen LogP contribution in [0.15, 0.2) is 66.7 Å². The van der Waals surface area contributed by atoms with E-state index in [1.54, 1.807) is 18.2 Å². The van der Waals surface area contributed by atoms with Crippen molar-refractivity contribution in [3.05, 3.63) is 94.5 Å². The number of piperidine rings is 1. The van der Waals surface area contributed by atoms with Gasteiger partial charge >= 0.3 is 0 Å². The molecule has 1 heterocycles. The lowest BCUT2D eigenvalue weighted by Gasteiger charge is -2.32. The number of benzene rings is 3. The molecule has 4 N–H and O–H groups in total. The van der Waals surface area contributed by atoms with Crippen LogP contribution < -0.4 is 15.2 Å². The second-order valence-electron chi connectivity index (χ2n) is 10.5. The molecule has 1 amide bonds. The third kappa shape index (κ3) is 8.81. The molecule has 1 saturated heterocycles. The normalized spacial score (nSPS) is 13.3. The van der Waals surface area contributed by atoms with Gasteiger partial charge in [-0.1, -0.05) is 24.3 Å². The molecular weight excluding hydrogens is 544 g/mol. The molecule has 0 aliphatic carbocycles. The van der Waals surface area contributed by atoms with Gasteiger partial charge in [0.2, 0.25) is 11.8 Å². The van der Waals surface area contributed by atoms with E-state index < -0.39 is 0 Å². The van der Waals surface area contributed by atoms with Crippen LogP contribution in [0, 0.1) is 16.7 Å². The van der Waals surface area contributed by atoms with Crippen LogP contribution in [0.4, 0.5) is 0 Å². The second kappa shape index (κ2) is 15.7. The minimum absolute atomic E-state index is 0.0678. The van der Waals surface area contributed by atoms with Crippen molar-refractivity contribution in [1.82, 2.24) is 4.90 Å². The highest BCUT2D eigenvalue weighted by molar-refractivity contribution is 5.97. The monoisotopic (exact) mass is 586 g/mol. The number of likely N-dealkylation sites (tertiary alicyclic amines) is 1. The second-order valence-corrected chi connectivity index (χ2v) is 10.5. The maximum absolute atomic E-state index is 13.7. The predicted molar refractivity (Wildman–Crippen MR) is 167 cm³/mol. The quantitative estimate of drug-likeness (QED) is 0.172. The summed E-state index contributed by atoms with van der Waals surface area (Å²) >= 11 is 0. The highest BCUT2D eigenvalue weighted by Gasteiger charge is 2.26. The maximum Gasteiger partial charge on any atom is 0.257 e. The third-order valence-corrected chi connectivity index (χ3v) is 7.42. The van der Waals surface area contributed by atoms with E-state index in [4.69, 9.17) is 35.5 Å². The molecule has 0 saturated carbocycles. The fourth-order valence-electron chi connectivity index (χ4n) is 5.11. The Morgan fingerprint density at radius 3 is 1.98 bits per heavy atom. The zero-order valence-electron chi connectivity index (χ0n) is 25.1. The summed E-state index contributed by atoms with van der Waals surface area (Å²) in [5.41, 5.74) is 9.32. The van der Waals surface area contributed by atoms with Crippen LogP contribution in [0.5, 0.6) is 11.5 Å². The van der Waals surface area contributed by atoms with Gasteiger partial charge in [-0.15, -0.1) is 0 Å². The Labute approximate surface area is 253 Å². The lowest BCUT2D eigenvalue weighted by molar-refractivity contribution is 0.0683. The van der Waals surface area contributed by atoms with Gasteiger partial charge in [0.05, 0.1) is 18.8 Å². The van der Waals surface area contributed by atoms with Crippen molar-refractivity contribution in [3.63, 3.8) is 0 Å². The Kier molecular flexibility index (Phi) is 11.6. The number of nitrogens with two attached hydrogens (primary N) is 1. The van der Waals surface area contributed by atoms with E-state index in [-0.39, 0.29) is 30.9 Å². The van der Waals surface area contributed by atoms with E-state index in [2.05, 4.69) is 0 Å². The molecular formula is C34H42N4O5. The van der Waals surface area contributed by atoms with Crippen molar-refractivity contribution >= 4 is 17.7 Å². The van der Waals surface area contributed by atoms with E-state index >= 15 is 0 Å². The van der Waals surface area contributed by atoms with Crippen molar-refractivity contribution in [3.8, 4) is 11.5 Å². The summed E-state index contributed by atoms with van der Waals surface area (Å²) < 4.78 is 23.0. The maximum atomic E-state index is 13.7. The zero-order valence-corrected chi connectivity index (χ0v) is 25.1. The molecule has 0 unspecified atom stereocenters. The van der Waals surface area contributed by atoms with Gasteiger partial charge in [0, 0.05) is 30.3 Å². The van der Waals surface area contributed by atoms with E-state index in [9.17, 15) is 4.79 Å². The first-order valence-electron chi connectivity index (χ1n) is 14.9. The van der Waals surface area contributed by atoms with Gasteiger partial charge in [-0.3, -0.25) is 15.6 Å². The molecule has 3 aromatic rings. The third-order valence-electron chi connectivity index (χ3n) is 7.42. The minimum Gasteiger partial charge on any atom is -0.489 e. The molecule has 0 spiro atoms. The van der Waals surface area contributed by atoms with Crippen molar-refractivity contribution in [2.45, 2.75) is 46.3 Å². The molecule has 0 bridgehead atoms. The Bertz CT molecular complexity index is 1400. The summed E-state index contributed by atoms with van der Waals surface area (Å²) in [6, 6.07) is 20.3. The van der Waals surface area contributed by atoms with Crippen LogP contribution >= 0.6 is 0 Å². The molecule has 1 aliphatic rings. The average Bonchev–Trinajstić information content (AvgIpc) is 3.03. The number of hydrogen-bond acceptors (Lipinski definition) is 8. The summed E-state index contributed by atoms with van der Waals surface area (Å²) in [6.07, 6.45) is 2.87. The van der Waals surface area contributed by atoms with Gasteiger partial charge in [0.25, 0.3) is 5.91 Å². The molecule has 1 fully saturated rings. The van der Waals surface area contributed by atoms with E-state index in [0.29, 0.717) is 67.0 Å². The first kappa shape index (κ1) is 31.6. The minimum atomic E-state index is -0.0678. The van der Waals surface area contributed by atoms with E-state index in [0.717, 1.165) is 30.4 Å². The number of ether oxygens (including phenoxy) is 4. The number of rotatable bonds is 13. The SMILES string of the molecule is CCOC(=N)c1cccc(COc2ccc(C(=O)N3CCC(CCN)CC3)c(OCc3cccc(C(=N)OCC)c3)c2)c1. The molecule has 3 aromatic carbocycles. The first-order chi connectivity index (χ1) is 20.9. The van der Waals surface area contributed by atoms with Crippen molar-refractivity contribution in [1.29, 1.82) is 10.8 Å². The summed E-state index contributed by atoms with van der Waals surface area (Å²) in [7, 11) is 0. The topological polar surface area (TPSA) is 131 Å². The van der Waals surface area contributed by atoms with Crippen LogP contribution in [0.3, 0.4) is 0 Å². The molecule has 4 rings (SSSR count). The Balaban J connectivity index is 1.52. The van der Waals surface area contributed by atoms with E-state index in [1.807, 2.05) is 67.3 Å². The largest absolute Gasteiger partial charge is 0.489 e. The fourth-order valence-corrected chi connectivity index (χ4v) is 5.11. The van der Waals surface area contributed by atoms with Crippen LogP contribution in [0.1, 0.15) is 65.7 Å². The molecule has 0 radical (unpaired) electrons. The fraction of sp³-hybridized carbons (Fsp3) is 0.382. The summed E-state index contributed by atoms with van der Waals surface area (Å²) in [6.45, 7) is 7.07. The van der Waals surface area contributed by atoms with Crippen molar-refractivity contribution in [2.24, 2.45) is 11.7 Å². The predicted octanol–water partition coefficient (Wildman–Crippen LogP) is 5.77. The molecule has 9 heteroatoms. The van der Waals surface area contributed by atoms with Gasteiger partial charge in [-0.25, -0.2) is 0 Å². The van der Waals surface area contributed by atoms with Crippen LogP contribution in [0.2, 0.25) is 0 Å². The van der Waals surface area contributed by atoms with Crippen molar-refractivity contribution < 1.29 is 23.7 Å². The molecule has 0 aromatic heterocycles. The molecule has 9 nitrogen and oxygen atoms in total. The van der Waals surface area contributed by atoms with Crippen molar-refractivity contribution in [2.75, 3.05) is 32.8 Å². The number of hydrogen-bond donors (Lipinski definition) is 3. The number of nitrogens with zero attached hydrogens (tertiary/aromatic N) is 1. The number of carbonyl (C=O) groups excluding carboxylic acids is 1. The number of carbonyl (C=O) groups is 1. The highest BCUT2D eigenvalue weighted by atomic mass is 16.5. The van der Waals surface area contributed by atoms with Gasteiger partial charge in [0.1, 0.15) is 24.7 Å². The number of amides is 1. The lowest BCUT2D eigenvalue weighted by Crippen LogP contribution is -2.39. The summed E-state index contributed by atoms with van der Waals surface area (Å²) in [4.78, 5) is 15.5. The van der Waals surface area contributed by atoms with Gasteiger partial charge in [-0.05, 0) is 93.1 Å². The van der Waals surface area contributed by atoms with Gasteiger partial charge in [-0.2, -0.15) is 0 Å². The number of nitrogens with one attached hydrogen (secondary N) is 2. The van der Waals surface area contributed by atoms with Crippen LogP contribution in [-0.4, -0.2) is 55.5 Å². The highest BCUT2D eigenvalue weighted by Crippen LogP contribution is 2.30. The van der Waals surface area contributed by atoms with E-state index in [1.165, 1.54) is 0 Å². The molecule has 1 aliphatic heterocycles. The summed E-state index contributed by atoms with van der Waals surface area (Å²) in [5, 5.41) is 16.2. The van der Waals surface area contributed by atoms with Crippen LogP contribution in [0.25, 0.3) is 0 Å². The van der Waals surface area contributed by atoms with Crippen LogP contribution in [-0.2, 0) is 22.7 Å².